The molecule has 0 saturated carbocycles. The molecule has 22 heavy (non-hydrogen) atoms. The Morgan fingerprint density at radius 2 is 2.05 bits per heavy atom. The van der Waals surface area contributed by atoms with Crippen molar-refractivity contribution in [3.63, 3.8) is 0 Å². The summed E-state index contributed by atoms with van der Waals surface area (Å²) < 4.78 is 5.25. The molecule has 0 radical (unpaired) electrons. The van der Waals surface area contributed by atoms with Gasteiger partial charge in [0.2, 0.25) is 0 Å². The van der Waals surface area contributed by atoms with Crippen molar-refractivity contribution in [3.8, 4) is 5.75 Å². The van der Waals surface area contributed by atoms with Crippen LogP contribution in [-0.2, 0) is 0 Å². The van der Waals surface area contributed by atoms with E-state index in [-0.39, 0.29) is 5.91 Å². The Balaban J connectivity index is 2.24. The van der Waals surface area contributed by atoms with Crippen molar-refractivity contribution in [2.45, 2.75) is 18.2 Å². The fourth-order valence-corrected chi connectivity index (χ4v) is 3.05. The van der Waals surface area contributed by atoms with Gasteiger partial charge in [-0.15, -0.1) is 11.8 Å². The molecule has 0 aliphatic carbocycles. The van der Waals surface area contributed by atoms with Crippen LogP contribution in [0.5, 0.6) is 5.75 Å². The van der Waals surface area contributed by atoms with Crippen molar-refractivity contribution in [3.05, 3.63) is 53.1 Å². The number of hydrogen-bond acceptors (Lipinski definition) is 3. The standard InChI is InChI=1S/C17H18ClNO2S/c1-3-10-22-16-7-5-4-6-13(16)17(20)19-14-11-12(18)8-9-15(14)21-2/h4-9,11H,3,10H2,1-2H3,(H,19,20). The number of benzene rings is 2. The van der Waals surface area contributed by atoms with E-state index in [9.17, 15) is 4.79 Å². The molecule has 0 atom stereocenters. The largest absolute Gasteiger partial charge is 0.495 e. The SMILES string of the molecule is CCCSc1ccccc1C(=O)Nc1cc(Cl)ccc1OC. The summed E-state index contributed by atoms with van der Waals surface area (Å²) >= 11 is 7.67. The van der Waals surface area contributed by atoms with E-state index >= 15 is 0 Å². The zero-order valence-corrected chi connectivity index (χ0v) is 14.1. The maximum atomic E-state index is 12.6. The average molecular weight is 336 g/mol. The monoisotopic (exact) mass is 335 g/mol. The lowest BCUT2D eigenvalue weighted by molar-refractivity contribution is 0.102. The fraction of sp³-hybridized carbons (Fsp3) is 0.235. The Kier molecular flexibility index (Phi) is 6.16. The van der Waals surface area contributed by atoms with Gasteiger partial charge in [-0.25, -0.2) is 0 Å². The smallest absolute Gasteiger partial charge is 0.256 e. The lowest BCUT2D eigenvalue weighted by Crippen LogP contribution is -2.13. The number of methoxy groups -OCH3 is 1. The average Bonchev–Trinajstić information content (AvgIpc) is 2.53. The molecule has 3 nitrogen and oxygen atoms in total. The normalized spacial score (nSPS) is 10.3. The van der Waals surface area contributed by atoms with Gasteiger partial charge in [0.25, 0.3) is 5.91 Å². The number of carbonyl (C=O) groups excluding carboxylic acids is 1. The molecule has 0 fully saturated rings. The van der Waals surface area contributed by atoms with Gasteiger partial charge in [0.05, 0.1) is 18.4 Å². The van der Waals surface area contributed by atoms with Crippen molar-refractivity contribution in [1.82, 2.24) is 0 Å². The lowest BCUT2D eigenvalue weighted by atomic mass is 10.2. The van der Waals surface area contributed by atoms with Gasteiger partial charge in [-0.2, -0.15) is 0 Å². The summed E-state index contributed by atoms with van der Waals surface area (Å²) in [5, 5.41) is 3.42. The van der Waals surface area contributed by atoms with Crippen molar-refractivity contribution < 1.29 is 9.53 Å². The van der Waals surface area contributed by atoms with Crippen molar-refractivity contribution in [2.24, 2.45) is 0 Å². The first-order valence-electron chi connectivity index (χ1n) is 7.02. The van der Waals surface area contributed by atoms with E-state index in [2.05, 4.69) is 12.2 Å². The predicted octanol–water partition coefficient (Wildman–Crippen LogP) is 5.10. The molecule has 116 valence electrons. The number of hydrogen-bond donors (Lipinski definition) is 1. The number of carbonyl (C=O) groups is 1. The van der Waals surface area contributed by atoms with Gasteiger partial charge in [0.15, 0.2) is 0 Å². The van der Waals surface area contributed by atoms with Crippen LogP contribution in [-0.4, -0.2) is 18.8 Å². The quantitative estimate of drug-likeness (QED) is 0.746. The zero-order valence-electron chi connectivity index (χ0n) is 12.6. The van der Waals surface area contributed by atoms with Gasteiger partial charge in [0, 0.05) is 9.92 Å². The first-order chi connectivity index (χ1) is 10.7. The van der Waals surface area contributed by atoms with Gasteiger partial charge < -0.3 is 10.1 Å². The highest BCUT2D eigenvalue weighted by molar-refractivity contribution is 7.99. The molecule has 2 aromatic rings. The Labute approximate surface area is 140 Å². The molecule has 0 saturated heterocycles. The topological polar surface area (TPSA) is 38.3 Å². The van der Waals surface area contributed by atoms with E-state index in [1.54, 1.807) is 37.1 Å². The maximum absolute atomic E-state index is 12.6. The second-order valence-electron chi connectivity index (χ2n) is 4.64. The third kappa shape index (κ3) is 4.18. The van der Waals surface area contributed by atoms with Gasteiger partial charge in [-0.1, -0.05) is 30.7 Å². The highest BCUT2D eigenvalue weighted by Crippen LogP contribution is 2.29. The number of halogens is 1. The Morgan fingerprint density at radius 3 is 2.77 bits per heavy atom. The maximum Gasteiger partial charge on any atom is 0.256 e. The van der Waals surface area contributed by atoms with Crippen LogP contribution in [0.25, 0.3) is 0 Å². The molecule has 0 aliphatic rings. The second kappa shape index (κ2) is 8.11. The first-order valence-corrected chi connectivity index (χ1v) is 8.38. The molecule has 0 aliphatic heterocycles. The summed E-state index contributed by atoms with van der Waals surface area (Å²) in [6.07, 6.45) is 1.06. The third-order valence-electron chi connectivity index (χ3n) is 3.00. The number of thioether (sulfide) groups is 1. The van der Waals surface area contributed by atoms with E-state index in [1.807, 2.05) is 24.3 Å². The molecule has 0 aromatic heterocycles. The van der Waals surface area contributed by atoms with Crippen molar-refractivity contribution >= 4 is 35.0 Å². The first kappa shape index (κ1) is 16.7. The summed E-state index contributed by atoms with van der Waals surface area (Å²) in [6.45, 7) is 2.12. The van der Waals surface area contributed by atoms with Crippen molar-refractivity contribution in [2.75, 3.05) is 18.2 Å². The number of amides is 1. The lowest BCUT2D eigenvalue weighted by Gasteiger charge is -2.12. The Hall–Kier alpha value is -1.65. The molecule has 0 unspecified atom stereocenters. The van der Waals surface area contributed by atoms with E-state index < -0.39 is 0 Å². The Morgan fingerprint density at radius 1 is 1.27 bits per heavy atom. The van der Waals surface area contributed by atoms with Gasteiger partial charge in [-0.3, -0.25) is 4.79 Å². The van der Waals surface area contributed by atoms with E-state index in [0.717, 1.165) is 17.1 Å². The Bertz CT molecular complexity index is 661. The molecular formula is C17H18ClNO2S. The van der Waals surface area contributed by atoms with Crippen LogP contribution in [0.2, 0.25) is 5.02 Å². The minimum Gasteiger partial charge on any atom is -0.495 e. The summed E-state index contributed by atoms with van der Waals surface area (Å²) in [7, 11) is 1.56. The molecule has 0 heterocycles. The summed E-state index contributed by atoms with van der Waals surface area (Å²) in [6, 6.07) is 12.7. The van der Waals surface area contributed by atoms with E-state index in [4.69, 9.17) is 16.3 Å². The molecule has 0 spiro atoms. The molecule has 2 rings (SSSR count). The van der Waals surface area contributed by atoms with Crippen LogP contribution in [0.4, 0.5) is 5.69 Å². The van der Waals surface area contributed by atoms with Crippen molar-refractivity contribution in [1.29, 1.82) is 0 Å². The molecule has 1 N–H and O–H groups in total. The van der Waals surface area contributed by atoms with Crippen LogP contribution in [0.3, 0.4) is 0 Å². The highest BCUT2D eigenvalue weighted by atomic mass is 35.5. The summed E-state index contributed by atoms with van der Waals surface area (Å²) in [4.78, 5) is 13.5. The zero-order chi connectivity index (χ0) is 15.9. The predicted molar refractivity (Wildman–Crippen MR) is 93.4 cm³/mol. The number of nitrogens with one attached hydrogen (secondary N) is 1. The van der Waals surface area contributed by atoms with Crippen LogP contribution < -0.4 is 10.1 Å². The number of anilines is 1. The number of ether oxygens (including phenoxy) is 1. The van der Waals surface area contributed by atoms with Gasteiger partial charge in [-0.05, 0) is 42.5 Å². The minimum absolute atomic E-state index is 0.167. The van der Waals surface area contributed by atoms with Gasteiger partial charge >= 0.3 is 0 Å². The molecule has 2 aromatic carbocycles. The van der Waals surface area contributed by atoms with Gasteiger partial charge in [0.1, 0.15) is 5.75 Å². The third-order valence-corrected chi connectivity index (χ3v) is 4.52. The van der Waals surface area contributed by atoms with Crippen LogP contribution in [0, 0.1) is 0 Å². The van der Waals surface area contributed by atoms with E-state index in [0.29, 0.717) is 22.0 Å². The molecule has 5 heteroatoms. The summed E-state index contributed by atoms with van der Waals surface area (Å²) in [5.74, 6) is 1.39. The van der Waals surface area contributed by atoms with E-state index in [1.165, 1.54) is 0 Å². The fourth-order valence-electron chi connectivity index (χ4n) is 1.96. The molecular weight excluding hydrogens is 318 g/mol. The molecule has 0 bridgehead atoms. The van der Waals surface area contributed by atoms with Crippen LogP contribution in [0.1, 0.15) is 23.7 Å². The van der Waals surface area contributed by atoms with Crippen LogP contribution >= 0.6 is 23.4 Å². The minimum atomic E-state index is -0.167. The second-order valence-corrected chi connectivity index (χ2v) is 6.22. The summed E-state index contributed by atoms with van der Waals surface area (Å²) in [5.41, 5.74) is 1.22. The van der Waals surface area contributed by atoms with Crippen LogP contribution in [0.15, 0.2) is 47.4 Å². The highest BCUT2D eigenvalue weighted by Gasteiger charge is 2.14. The molecule has 1 amide bonds. The number of rotatable bonds is 6.